The maximum atomic E-state index is 12.6. The summed E-state index contributed by atoms with van der Waals surface area (Å²) in [6, 6.07) is 21.1. The molecule has 2 aromatic heterocycles. The van der Waals surface area contributed by atoms with Crippen molar-refractivity contribution in [2.45, 2.75) is 32.4 Å². The fourth-order valence-electron chi connectivity index (χ4n) is 5.89. The third-order valence-electron chi connectivity index (χ3n) is 7.57. The van der Waals surface area contributed by atoms with Gasteiger partial charge in [-0.05, 0) is 61.2 Å². The van der Waals surface area contributed by atoms with Crippen LogP contribution in [-0.4, -0.2) is 46.3 Å². The van der Waals surface area contributed by atoms with Crippen molar-refractivity contribution in [3.63, 3.8) is 0 Å². The Morgan fingerprint density at radius 3 is 2.90 bits per heavy atom. The minimum atomic E-state index is -0.310. The largest absolute Gasteiger partial charge is 0.494 e. The lowest BCUT2D eigenvalue weighted by Crippen LogP contribution is -2.46. The van der Waals surface area contributed by atoms with Crippen molar-refractivity contribution >= 4 is 23.0 Å². The van der Waals surface area contributed by atoms with Crippen LogP contribution in [0.2, 0.25) is 0 Å². The highest BCUT2D eigenvalue weighted by atomic mass is 16.5. The Labute approximate surface area is 226 Å². The Kier molecular flexibility index (Phi) is 6.94. The van der Waals surface area contributed by atoms with Crippen LogP contribution in [0.1, 0.15) is 46.4 Å². The van der Waals surface area contributed by atoms with Gasteiger partial charge in [0.1, 0.15) is 5.75 Å². The number of carbonyl (C=O) groups excluding carboxylic acids is 1. The quantitative estimate of drug-likeness (QED) is 0.291. The van der Waals surface area contributed by atoms with E-state index in [2.05, 4.69) is 32.5 Å². The molecule has 2 bridgehead atoms. The van der Waals surface area contributed by atoms with E-state index in [1.165, 1.54) is 0 Å². The first kappa shape index (κ1) is 25.0. The minimum absolute atomic E-state index is 0.102. The number of aromatic nitrogens is 2. The van der Waals surface area contributed by atoms with E-state index < -0.39 is 0 Å². The zero-order chi connectivity index (χ0) is 26.8. The average molecular weight is 522 g/mol. The molecular weight excluding hydrogens is 490 g/mol. The molecule has 2 unspecified atom stereocenters. The molecule has 4 aromatic rings. The summed E-state index contributed by atoms with van der Waals surface area (Å²) >= 11 is 0. The number of hydrogen-bond acceptors (Lipinski definition) is 6. The van der Waals surface area contributed by atoms with Gasteiger partial charge in [0, 0.05) is 61.0 Å². The Morgan fingerprint density at radius 2 is 2.00 bits per heavy atom. The van der Waals surface area contributed by atoms with Crippen LogP contribution in [0.4, 0.5) is 0 Å². The number of fused-ring (bicyclic) bond motifs is 5. The summed E-state index contributed by atoms with van der Waals surface area (Å²) < 4.78 is 7.90. The third-order valence-corrected chi connectivity index (χ3v) is 7.57. The summed E-state index contributed by atoms with van der Waals surface area (Å²) in [5.41, 5.74) is 7.11. The maximum absolute atomic E-state index is 12.6. The lowest BCUT2D eigenvalue weighted by atomic mass is 9.83. The number of nitrogens with zero attached hydrogens (tertiary/aromatic N) is 4. The Morgan fingerprint density at radius 1 is 1.10 bits per heavy atom. The third kappa shape index (κ3) is 5.33. The number of piperidine rings is 1. The SMILES string of the molecule is CCOc1ccc(C=NNC(=O)c2cnc3ccccc3c2)cc1CN1CC2CC(C1)c1cccc(=O)n1C2. The standard InChI is InChI=1S/C31H31N5O3/c1-2-39-29-11-10-21(15-33-34-31(38)24-14-23-6-3-4-7-27(23)32-16-24)12-26(29)20-35-17-22-13-25(19-35)28-8-5-9-30(37)36(28)18-22/h3-12,14-16,22,25H,2,13,17-20H2,1H3,(H,34,38). The van der Waals surface area contributed by atoms with Crippen molar-refractivity contribution < 1.29 is 9.53 Å². The fraction of sp³-hybridized carbons (Fsp3) is 0.290. The predicted octanol–water partition coefficient (Wildman–Crippen LogP) is 4.18. The molecule has 8 heteroatoms. The van der Waals surface area contributed by atoms with Crippen molar-refractivity contribution in [2.75, 3.05) is 19.7 Å². The molecule has 8 nitrogen and oxygen atoms in total. The van der Waals surface area contributed by atoms with Crippen LogP contribution in [0.5, 0.6) is 5.75 Å². The van der Waals surface area contributed by atoms with E-state index in [-0.39, 0.29) is 11.5 Å². The normalized spacial score (nSPS) is 18.7. The van der Waals surface area contributed by atoms with Crippen molar-refractivity contribution in [1.29, 1.82) is 0 Å². The number of benzene rings is 2. The van der Waals surface area contributed by atoms with Crippen LogP contribution in [0, 0.1) is 5.92 Å². The minimum Gasteiger partial charge on any atom is -0.494 e. The number of nitrogens with one attached hydrogen (secondary N) is 1. The Bertz CT molecular complexity index is 1610. The number of hydrogen-bond donors (Lipinski definition) is 1. The zero-order valence-electron chi connectivity index (χ0n) is 21.9. The van der Waals surface area contributed by atoms with Crippen LogP contribution >= 0.6 is 0 Å². The molecule has 1 N–H and O–H groups in total. The number of hydrazone groups is 1. The summed E-state index contributed by atoms with van der Waals surface area (Å²) in [6.45, 7) is 5.93. The van der Waals surface area contributed by atoms with Crippen LogP contribution in [0.25, 0.3) is 10.9 Å². The fourth-order valence-corrected chi connectivity index (χ4v) is 5.89. The molecule has 1 saturated heterocycles. The summed E-state index contributed by atoms with van der Waals surface area (Å²) in [5, 5.41) is 5.11. The molecular formula is C31H31N5O3. The molecule has 1 amide bonds. The van der Waals surface area contributed by atoms with Crippen LogP contribution in [-0.2, 0) is 13.1 Å². The summed E-state index contributed by atoms with van der Waals surface area (Å²) in [4.78, 5) is 31.8. The van der Waals surface area contributed by atoms with Gasteiger partial charge in [-0.2, -0.15) is 5.10 Å². The van der Waals surface area contributed by atoms with E-state index in [4.69, 9.17) is 4.74 Å². The molecule has 198 valence electrons. The molecule has 0 saturated carbocycles. The van der Waals surface area contributed by atoms with Gasteiger partial charge >= 0.3 is 0 Å². The van der Waals surface area contributed by atoms with E-state index in [9.17, 15) is 9.59 Å². The Hall–Kier alpha value is -4.30. The summed E-state index contributed by atoms with van der Waals surface area (Å²) in [7, 11) is 0. The first-order chi connectivity index (χ1) is 19.1. The van der Waals surface area contributed by atoms with Crippen LogP contribution in [0.15, 0.2) is 82.8 Å². The van der Waals surface area contributed by atoms with Crippen molar-refractivity contribution in [3.8, 4) is 5.75 Å². The number of carbonyl (C=O) groups is 1. The second-order valence-corrected chi connectivity index (χ2v) is 10.3. The molecule has 1 fully saturated rings. The number of amides is 1. The summed E-state index contributed by atoms with van der Waals surface area (Å²) in [5.74, 6) is 1.35. The van der Waals surface area contributed by atoms with E-state index in [0.29, 0.717) is 24.0 Å². The monoisotopic (exact) mass is 521 g/mol. The molecule has 0 radical (unpaired) electrons. The average Bonchev–Trinajstić information content (AvgIpc) is 2.95. The van der Waals surface area contributed by atoms with Crippen molar-refractivity contribution in [1.82, 2.24) is 19.9 Å². The second kappa shape index (κ2) is 10.8. The van der Waals surface area contributed by atoms with E-state index in [1.807, 2.05) is 60.0 Å². The van der Waals surface area contributed by atoms with Gasteiger partial charge in [-0.1, -0.05) is 24.3 Å². The van der Waals surface area contributed by atoms with Gasteiger partial charge in [-0.3, -0.25) is 19.5 Å². The van der Waals surface area contributed by atoms with Gasteiger partial charge in [-0.15, -0.1) is 0 Å². The van der Waals surface area contributed by atoms with Crippen molar-refractivity contribution in [3.05, 3.63) is 106 Å². The number of pyridine rings is 2. The van der Waals surface area contributed by atoms with E-state index in [1.54, 1.807) is 18.5 Å². The predicted molar refractivity (Wildman–Crippen MR) is 151 cm³/mol. The van der Waals surface area contributed by atoms with Gasteiger partial charge in [-0.25, -0.2) is 5.43 Å². The first-order valence-electron chi connectivity index (χ1n) is 13.4. The lowest BCUT2D eigenvalue weighted by Gasteiger charge is -2.43. The van der Waals surface area contributed by atoms with Gasteiger partial charge in [0.2, 0.25) is 0 Å². The second-order valence-electron chi connectivity index (χ2n) is 10.3. The molecule has 2 aliphatic rings. The van der Waals surface area contributed by atoms with Gasteiger partial charge < -0.3 is 9.30 Å². The van der Waals surface area contributed by atoms with Crippen LogP contribution < -0.4 is 15.7 Å². The zero-order valence-corrected chi connectivity index (χ0v) is 21.9. The molecule has 0 spiro atoms. The molecule has 39 heavy (non-hydrogen) atoms. The van der Waals surface area contributed by atoms with Gasteiger partial charge in [0.05, 0.1) is 23.9 Å². The first-order valence-corrected chi connectivity index (χ1v) is 13.4. The highest BCUT2D eigenvalue weighted by molar-refractivity contribution is 5.97. The Balaban J connectivity index is 1.16. The highest BCUT2D eigenvalue weighted by Crippen LogP contribution is 2.36. The van der Waals surface area contributed by atoms with Gasteiger partial charge in [0.15, 0.2) is 0 Å². The molecule has 4 heterocycles. The smallest absolute Gasteiger partial charge is 0.272 e. The number of para-hydroxylation sites is 1. The lowest BCUT2D eigenvalue weighted by molar-refractivity contribution is 0.0955. The maximum Gasteiger partial charge on any atom is 0.272 e. The topological polar surface area (TPSA) is 88.8 Å². The highest BCUT2D eigenvalue weighted by Gasteiger charge is 2.34. The van der Waals surface area contributed by atoms with E-state index >= 15 is 0 Å². The molecule has 0 aliphatic carbocycles. The number of ether oxygens (including phenoxy) is 1. The van der Waals surface area contributed by atoms with Gasteiger partial charge in [0.25, 0.3) is 11.5 Å². The molecule has 6 rings (SSSR count). The molecule has 2 atom stereocenters. The molecule has 2 aromatic carbocycles. The number of likely N-dealkylation sites (tertiary alicyclic amines) is 1. The molecule has 2 aliphatic heterocycles. The van der Waals surface area contributed by atoms with Crippen molar-refractivity contribution in [2.24, 2.45) is 11.0 Å². The van der Waals surface area contributed by atoms with E-state index in [0.717, 1.165) is 66.1 Å². The number of rotatable bonds is 7. The summed E-state index contributed by atoms with van der Waals surface area (Å²) in [6.07, 6.45) is 4.33. The van der Waals surface area contributed by atoms with Crippen LogP contribution in [0.3, 0.4) is 0 Å².